The fourth-order valence-electron chi connectivity index (χ4n) is 6.46. The number of carbonyl (C=O) groups excluding carboxylic acids is 1. The van der Waals surface area contributed by atoms with Crippen LogP contribution in [0.25, 0.3) is 0 Å². The second-order valence-electron chi connectivity index (χ2n) is 8.28. The summed E-state index contributed by atoms with van der Waals surface area (Å²) in [5, 5.41) is 0. The highest BCUT2D eigenvalue weighted by atomic mass is 16.1. The van der Waals surface area contributed by atoms with Gasteiger partial charge in [-0.1, -0.05) is 18.1 Å². The van der Waals surface area contributed by atoms with Crippen molar-refractivity contribution in [3.05, 3.63) is 11.1 Å². The van der Waals surface area contributed by atoms with Gasteiger partial charge < -0.3 is 0 Å². The van der Waals surface area contributed by atoms with Crippen LogP contribution < -0.4 is 0 Å². The molecule has 1 nitrogen and oxygen atoms in total. The molecule has 0 amide bonds. The summed E-state index contributed by atoms with van der Waals surface area (Å²) < 4.78 is 0. The lowest BCUT2D eigenvalue weighted by molar-refractivity contribution is -0.132. The van der Waals surface area contributed by atoms with E-state index in [9.17, 15) is 4.79 Å². The summed E-state index contributed by atoms with van der Waals surface area (Å²) in [6.45, 7) is 4.92. The van der Waals surface area contributed by atoms with Crippen molar-refractivity contribution in [2.75, 3.05) is 0 Å². The van der Waals surface area contributed by atoms with Gasteiger partial charge in [-0.05, 0) is 81.0 Å². The van der Waals surface area contributed by atoms with Gasteiger partial charge in [-0.25, -0.2) is 0 Å². The normalized spacial score (nSPS) is 47.8. The van der Waals surface area contributed by atoms with Crippen LogP contribution in [0.3, 0.4) is 0 Å². The Bertz CT molecular complexity index is 474. The number of hydrogen-bond donors (Lipinski definition) is 0. The van der Waals surface area contributed by atoms with E-state index in [2.05, 4.69) is 13.8 Å². The van der Waals surface area contributed by atoms with Crippen molar-refractivity contribution >= 4 is 5.78 Å². The van der Waals surface area contributed by atoms with Gasteiger partial charge >= 0.3 is 0 Å². The van der Waals surface area contributed by atoms with Crippen LogP contribution in [0, 0.1) is 29.1 Å². The third-order valence-corrected chi connectivity index (χ3v) is 7.63. The van der Waals surface area contributed by atoms with E-state index < -0.39 is 0 Å². The van der Waals surface area contributed by atoms with E-state index in [4.69, 9.17) is 0 Å². The zero-order valence-corrected chi connectivity index (χ0v) is 13.1. The quantitative estimate of drug-likeness (QED) is 0.573. The molecule has 4 aliphatic rings. The summed E-state index contributed by atoms with van der Waals surface area (Å²) in [5.74, 6) is 4.03. The molecular weight excluding hydrogens is 244 g/mol. The molecule has 3 fully saturated rings. The van der Waals surface area contributed by atoms with Crippen molar-refractivity contribution in [2.45, 2.75) is 71.6 Å². The minimum atomic E-state index is 0.485. The number of fused-ring (bicyclic) bond motifs is 5. The summed E-state index contributed by atoms with van der Waals surface area (Å²) >= 11 is 0. The van der Waals surface area contributed by atoms with Gasteiger partial charge in [0, 0.05) is 12.8 Å². The molecule has 0 aromatic carbocycles. The topological polar surface area (TPSA) is 17.1 Å². The molecule has 0 bridgehead atoms. The minimum Gasteiger partial charge on any atom is -0.300 e. The van der Waals surface area contributed by atoms with E-state index in [0.717, 1.165) is 30.6 Å². The SMILES string of the molecule is CC1=C2CC[C@@H]3[C@H](CC[C@@H]4CC(=O)CC[C@]43C)[C@H]2CC1. The molecule has 0 aliphatic heterocycles. The third-order valence-electron chi connectivity index (χ3n) is 7.63. The Morgan fingerprint density at radius 2 is 1.90 bits per heavy atom. The highest BCUT2D eigenvalue weighted by molar-refractivity contribution is 5.79. The Labute approximate surface area is 123 Å². The van der Waals surface area contributed by atoms with Gasteiger partial charge in [-0.3, -0.25) is 4.79 Å². The molecule has 0 spiro atoms. The van der Waals surface area contributed by atoms with Crippen molar-refractivity contribution in [2.24, 2.45) is 29.1 Å². The summed E-state index contributed by atoms with van der Waals surface area (Å²) in [6.07, 6.45) is 11.2. The lowest BCUT2D eigenvalue weighted by Crippen LogP contribution is -2.50. The number of Topliss-reactive ketones (excluding diaryl/α,β-unsaturated/α-hetero) is 1. The Hall–Kier alpha value is -0.590. The molecule has 0 aromatic heterocycles. The Kier molecular flexibility index (Phi) is 2.91. The van der Waals surface area contributed by atoms with Crippen molar-refractivity contribution in [1.82, 2.24) is 0 Å². The van der Waals surface area contributed by atoms with Crippen LogP contribution in [0.2, 0.25) is 0 Å². The van der Waals surface area contributed by atoms with Gasteiger partial charge in [-0.2, -0.15) is 0 Å². The van der Waals surface area contributed by atoms with E-state index >= 15 is 0 Å². The van der Waals surface area contributed by atoms with Gasteiger partial charge in [-0.15, -0.1) is 0 Å². The van der Waals surface area contributed by atoms with Crippen LogP contribution in [0.4, 0.5) is 0 Å². The van der Waals surface area contributed by atoms with E-state index in [1.165, 1.54) is 44.9 Å². The summed E-state index contributed by atoms with van der Waals surface area (Å²) in [7, 11) is 0. The maximum absolute atomic E-state index is 11.8. The predicted octanol–water partition coefficient (Wildman–Crippen LogP) is 4.91. The second-order valence-corrected chi connectivity index (χ2v) is 8.28. The van der Waals surface area contributed by atoms with Crippen LogP contribution in [0.1, 0.15) is 71.6 Å². The van der Waals surface area contributed by atoms with Crippen LogP contribution >= 0.6 is 0 Å². The molecule has 1 heteroatoms. The van der Waals surface area contributed by atoms with Crippen LogP contribution in [0.5, 0.6) is 0 Å². The fraction of sp³-hybridized carbons (Fsp3) is 0.842. The number of hydrogen-bond acceptors (Lipinski definition) is 1. The molecule has 0 unspecified atom stereocenters. The molecule has 0 N–H and O–H groups in total. The van der Waals surface area contributed by atoms with E-state index in [1.54, 1.807) is 5.57 Å². The number of ketones is 1. The average Bonchev–Trinajstić information content (AvgIpc) is 2.82. The third kappa shape index (κ3) is 1.71. The predicted molar refractivity (Wildman–Crippen MR) is 81.3 cm³/mol. The molecule has 0 aromatic rings. The highest BCUT2D eigenvalue weighted by Gasteiger charge is 2.54. The van der Waals surface area contributed by atoms with Gasteiger partial charge in [0.05, 0.1) is 0 Å². The lowest BCUT2D eigenvalue weighted by atomic mass is 9.48. The van der Waals surface area contributed by atoms with Crippen molar-refractivity contribution in [3.63, 3.8) is 0 Å². The first kappa shape index (κ1) is 13.1. The second kappa shape index (κ2) is 4.45. The largest absolute Gasteiger partial charge is 0.300 e. The lowest BCUT2D eigenvalue weighted by Gasteiger charge is -2.57. The molecule has 0 radical (unpaired) electrons. The zero-order valence-electron chi connectivity index (χ0n) is 13.1. The monoisotopic (exact) mass is 272 g/mol. The molecule has 0 heterocycles. The van der Waals surface area contributed by atoms with E-state index in [-0.39, 0.29) is 0 Å². The van der Waals surface area contributed by atoms with Gasteiger partial charge in [0.2, 0.25) is 0 Å². The minimum absolute atomic E-state index is 0.485. The van der Waals surface area contributed by atoms with Crippen molar-refractivity contribution in [1.29, 1.82) is 0 Å². The molecular formula is C19H28O. The Morgan fingerprint density at radius 3 is 2.75 bits per heavy atom. The summed E-state index contributed by atoms with van der Waals surface area (Å²) in [4.78, 5) is 11.8. The Balaban J connectivity index is 1.64. The maximum Gasteiger partial charge on any atom is 0.133 e. The fourth-order valence-corrected chi connectivity index (χ4v) is 6.46. The van der Waals surface area contributed by atoms with Crippen LogP contribution in [-0.4, -0.2) is 5.78 Å². The average molecular weight is 272 g/mol. The van der Waals surface area contributed by atoms with Crippen molar-refractivity contribution in [3.8, 4) is 0 Å². The molecule has 0 saturated heterocycles. The zero-order chi connectivity index (χ0) is 13.9. The number of carbonyl (C=O) groups is 1. The van der Waals surface area contributed by atoms with Crippen molar-refractivity contribution < 1.29 is 4.79 Å². The standard InChI is InChI=1S/C19H28O/c1-12-3-5-16-15(12)7-8-18-17(16)6-4-13-11-14(20)9-10-19(13,18)2/h13,16-18H,3-11H2,1-2H3/t13-,16+,17-,18-,19-/m1/s1. The number of rotatable bonds is 0. The first-order valence-corrected chi connectivity index (χ1v) is 8.80. The summed E-state index contributed by atoms with van der Waals surface area (Å²) in [5.41, 5.74) is 4.05. The maximum atomic E-state index is 11.8. The highest BCUT2D eigenvalue weighted by Crippen LogP contribution is 2.62. The molecule has 3 saturated carbocycles. The number of allylic oxidation sites excluding steroid dienone is 2. The molecule has 4 aliphatic carbocycles. The first-order chi connectivity index (χ1) is 9.59. The van der Waals surface area contributed by atoms with Gasteiger partial charge in [0.15, 0.2) is 0 Å². The van der Waals surface area contributed by atoms with E-state index in [0.29, 0.717) is 17.1 Å². The molecule has 20 heavy (non-hydrogen) atoms. The molecule has 110 valence electrons. The van der Waals surface area contributed by atoms with Crippen LogP contribution in [-0.2, 0) is 4.79 Å². The first-order valence-electron chi connectivity index (χ1n) is 8.80. The van der Waals surface area contributed by atoms with Crippen LogP contribution in [0.15, 0.2) is 11.1 Å². The van der Waals surface area contributed by atoms with Gasteiger partial charge in [0.25, 0.3) is 0 Å². The molecule has 5 atom stereocenters. The Morgan fingerprint density at radius 1 is 1.05 bits per heavy atom. The molecule has 4 rings (SSSR count). The van der Waals surface area contributed by atoms with E-state index in [1.807, 2.05) is 5.57 Å². The summed E-state index contributed by atoms with van der Waals surface area (Å²) in [6, 6.07) is 0. The smallest absolute Gasteiger partial charge is 0.133 e. The van der Waals surface area contributed by atoms with Gasteiger partial charge in [0.1, 0.15) is 5.78 Å².